The van der Waals surface area contributed by atoms with Gasteiger partial charge in [-0.05, 0) is 64.2 Å². The van der Waals surface area contributed by atoms with Gasteiger partial charge in [-0.2, -0.15) is 0 Å². The average molecular weight is 1200 g/mol. The molecule has 0 aromatic carbocycles. The maximum Gasteiger partial charge on any atom is 0.305 e. The van der Waals surface area contributed by atoms with E-state index in [4.69, 9.17) is 4.74 Å². The molecule has 0 aromatic heterocycles. The van der Waals surface area contributed by atoms with E-state index in [-0.39, 0.29) is 18.5 Å². The number of allylic oxidation sites excluding steroid dienone is 5. The van der Waals surface area contributed by atoms with Crippen molar-refractivity contribution >= 4 is 11.9 Å². The monoisotopic (exact) mass is 1190 g/mol. The first-order chi connectivity index (χ1) is 42.0. The number of hydrogen-bond acceptors (Lipinski definition) is 5. The zero-order valence-electron chi connectivity index (χ0n) is 57.6. The molecule has 0 rings (SSSR count). The van der Waals surface area contributed by atoms with E-state index in [1.807, 2.05) is 6.08 Å². The molecule has 0 radical (unpaired) electrons. The second-order valence-electron chi connectivity index (χ2n) is 26.7. The number of carbonyl (C=O) groups excluding carboxylic acids is 2. The van der Waals surface area contributed by atoms with Gasteiger partial charge in [-0.15, -0.1) is 0 Å². The van der Waals surface area contributed by atoms with Crippen LogP contribution in [-0.2, 0) is 14.3 Å². The lowest BCUT2D eigenvalue weighted by atomic mass is 10.0. The van der Waals surface area contributed by atoms with Gasteiger partial charge in [0, 0.05) is 12.8 Å². The van der Waals surface area contributed by atoms with Crippen LogP contribution in [-0.4, -0.2) is 47.4 Å². The molecule has 3 N–H and O–H groups in total. The van der Waals surface area contributed by atoms with Crippen molar-refractivity contribution in [3.63, 3.8) is 0 Å². The minimum absolute atomic E-state index is 0.0176. The van der Waals surface area contributed by atoms with Crippen molar-refractivity contribution in [3.05, 3.63) is 36.5 Å². The predicted octanol–water partition coefficient (Wildman–Crippen LogP) is 25.4. The topological polar surface area (TPSA) is 95.9 Å². The minimum Gasteiger partial charge on any atom is -0.466 e. The number of aliphatic hydroxyl groups is 2. The van der Waals surface area contributed by atoms with Gasteiger partial charge in [0.05, 0.1) is 25.4 Å². The van der Waals surface area contributed by atoms with Gasteiger partial charge in [0.15, 0.2) is 0 Å². The molecule has 0 heterocycles. The zero-order valence-corrected chi connectivity index (χ0v) is 57.6. The first kappa shape index (κ1) is 83.1. The highest BCUT2D eigenvalue weighted by Crippen LogP contribution is 2.19. The van der Waals surface area contributed by atoms with Crippen molar-refractivity contribution in [2.75, 3.05) is 13.2 Å². The van der Waals surface area contributed by atoms with Gasteiger partial charge in [0.1, 0.15) is 0 Å². The Morgan fingerprint density at radius 2 is 0.588 bits per heavy atom. The number of aliphatic hydroxyl groups excluding tert-OH is 2. The number of unbranched alkanes of at least 4 members (excludes halogenated alkanes) is 58. The third-order valence-corrected chi connectivity index (χ3v) is 18.2. The van der Waals surface area contributed by atoms with Crippen LogP contribution in [0.3, 0.4) is 0 Å². The molecule has 85 heavy (non-hydrogen) atoms. The van der Waals surface area contributed by atoms with E-state index < -0.39 is 12.1 Å². The summed E-state index contributed by atoms with van der Waals surface area (Å²) in [5.74, 6) is -0.0458. The van der Waals surface area contributed by atoms with E-state index in [1.165, 1.54) is 360 Å². The van der Waals surface area contributed by atoms with Crippen LogP contribution in [0.2, 0.25) is 0 Å². The van der Waals surface area contributed by atoms with Crippen LogP contribution >= 0.6 is 0 Å². The normalized spacial score (nSPS) is 12.7. The summed E-state index contributed by atoms with van der Waals surface area (Å²) in [5, 5.41) is 23.3. The summed E-state index contributed by atoms with van der Waals surface area (Å²) >= 11 is 0. The van der Waals surface area contributed by atoms with Crippen molar-refractivity contribution in [1.29, 1.82) is 0 Å². The molecular weight excluding hydrogens is 1040 g/mol. The van der Waals surface area contributed by atoms with Crippen molar-refractivity contribution in [1.82, 2.24) is 5.32 Å². The molecule has 0 aliphatic rings. The second kappa shape index (κ2) is 74.5. The highest BCUT2D eigenvalue weighted by atomic mass is 16.5. The molecule has 2 unspecified atom stereocenters. The molecule has 0 aliphatic carbocycles. The van der Waals surface area contributed by atoms with E-state index in [2.05, 4.69) is 43.5 Å². The van der Waals surface area contributed by atoms with E-state index in [1.54, 1.807) is 6.08 Å². The molecule has 502 valence electrons. The Morgan fingerprint density at radius 3 is 0.894 bits per heavy atom. The van der Waals surface area contributed by atoms with Gasteiger partial charge < -0.3 is 20.3 Å². The Kier molecular flexibility index (Phi) is 72.9. The van der Waals surface area contributed by atoms with E-state index in [0.717, 1.165) is 44.9 Å². The van der Waals surface area contributed by atoms with Gasteiger partial charge >= 0.3 is 5.97 Å². The van der Waals surface area contributed by atoms with Crippen molar-refractivity contribution in [2.45, 2.75) is 443 Å². The summed E-state index contributed by atoms with van der Waals surface area (Å²) in [6, 6.07) is -0.629. The van der Waals surface area contributed by atoms with Gasteiger partial charge in [0.2, 0.25) is 5.91 Å². The number of nitrogens with one attached hydrogen (secondary N) is 1. The summed E-state index contributed by atoms with van der Waals surface area (Å²) in [4.78, 5) is 24.6. The number of ether oxygens (including phenoxy) is 1. The highest BCUT2D eigenvalue weighted by Gasteiger charge is 2.18. The molecular formula is C79H151NO5. The standard InChI is InChI=1S/C79H151NO5/c1-3-5-7-9-11-13-15-17-19-21-22-36-40-43-47-51-55-59-63-67-71-77(82)76(75-81)80-78(83)72-68-64-60-56-52-48-44-41-37-34-32-30-28-26-24-23-25-27-29-31-33-35-38-42-46-50-54-58-62-66-70-74-85-79(84)73-69-65-61-57-53-49-45-39-20-18-16-14-12-10-8-6-4-2/h25,27,31,33,67,71,76-77,81-82H,3-24,26,28-30,32,34-66,68-70,72-75H2,1-2H3,(H,80,83)/b27-25-,33-31-,71-67+. The van der Waals surface area contributed by atoms with Crippen LogP contribution in [0.1, 0.15) is 431 Å². The lowest BCUT2D eigenvalue weighted by Crippen LogP contribution is -2.45. The third-order valence-electron chi connectivity index (χ3n) is 18.2. The summed E-state index contributed by atoms with van der Waals surface area (Å²) in [6.07, 6.45) is 96.8. The largest absolute Gasteiger partial charge is 0.466 e. The Balaban J connectivity index is 3.40. The molecule has 6 nitrogen and oxygen atoms in total. The Bertz CT molecular complexity index is 1380. The molecule has 0 saturated carbocycles. The number of carbonyl (C=O) groups is 2. The quantitative estimate of drug-likeness (QED) is 0.0320. The molecule has 0 fully saturated rings. The smallest absolute Gasteiger partial charge is 0.305 e. The fourth-order valence-electron chi connectivity index (χ4n) is 12.3. The highest BCUT2D eigenvalue weighted by molar-refractivity contribution is 5.76. The second-order valence-corrected chi connectivity index (χ2v) is 26.7. The summed E-state index contributed by atoms with van der Waals surface area (Å²) < 4.78 is 5.51. The molecule has 6 heteroatoms. The first-order valence-electron chi connectivity index (χ1n) is 38.8. The minimum atomic E-state index is -0.845. The first-order valence-corrected chi connectivity index (χ1v) is 38.8. The third kappa shape index (κ3) is 71.0. The van der Waals surface area contributed by atoms with Crippen LogP contribution in [0.5, 0.6) is 0 Å². The van der Waals surface area contributed by atoms with E-state index in [9.17, 15) is 19.8 Å². The molecule has 0 spiro atoms. The average Bonchev–Trinajstić information content (AvgIpc) is 3.51. The Labute approximate surface area is 532 Å². The van der Waals surface area contributed by atoms with Crippen LogP contribution in [0.4, 0.5) is 0 Å². The number of esters is 1. The van der Waals surface area contributed by atoms with Crippen LogP contribution in [0.25, 0.3) is 0 Å². The van der Waals surface area contributed by atoms with Crippen LogP contribution < -0.4 is 5.32 Å². The fraction of sp³-hybridized carbons (Fsp3) is 0.899. The van der Waals surface area contributed by atoms with Crippen LogP contribution in [0, 0.1) is 0 Å². The Morgan fingerprint density at radius 1 is 0.329 bits per heavy atom. The maximum atomic E-state index is 12.5. The number of amides is 1. The van der Waals surface area contributed by atoms with Crippen molar-refractivity contribution in [3.8, 4) is 0 Å². The molecule has 0 aliphatic heterocycles. The summed E-state index contributed by atoms with van der Waals surface area (Å²) in [6.45, 7) is 4.95. The van der Waals surface area contributed by atoms with Crippen molar-refractivity contribution in [2.24, 2.45) is 0 Å². The predicted molar refractivity (Wildman–Crippen MR) is 375 cm³/mol. The van der Waals surface area contributed by atoms with Crippen molar-refractivity contribution < 1.29 is 24.5 Å². The van der Waals surface area contributed by atoms with Gasteiger partial charge in [-0.3, -0.25) is 9.59 Å². The zero-order chi connectivity index (χ0) is 61.3. The maximum absolute atomic E-state index is 12.5. The number of rotatable bonds is 73. The fourth-order valence-corrected chi connectivity index (χ4v) is 12.3. The summed E-state index contributed by atoms with van der Waals surface area (Å²) in [5.41, 5.74) is 0. The molecule has 0 aromatic rings. The van der Waals surface area contributed by atoms with E-state index in [0.29, 0.717) is 19.4 Å². The molecule has 0 bridgehead atoms. The van der Waals surface area contributed by atoms with Gasteiger partial charge in [0.25, 0.3) is 0 Å². The summed E-state index contributed by atoms with van der Waals surface area (Å²) in [7, 11) is 0. The molecule has 2 atom stereocenters. The number of hydrogen-bond donors (Lipinski definition) is 3. The molecule has 1 amide bonds. The SMILES string of the molecule is CCCCCCCCCCCCCCCCCCCC/C=C/C(O)C(CO)NC(=O)CCCCCCCCCCCCCCCCC/C=C\C/C=C\CCCCCCCCCCCOC(=O)CCCCCCCCCCCCCCCCCCC. The van der Waals surface area contributed by atoms with E-state index >= 15 is 0 Å². The lowest BCUT2D eigenvalue weighted by Gasteiger charge is -2.20. The lowest BCUT2D eigenvalue weighted by molar-refractivity contribution is -0.143. The molecule has 0 saturated heterocycles. The van der Waals surface area contributed by atoms with Gasteiger partial charge in [-0.1, -0.05) is 391 Å². The van der Waals surface area contributed by atoms with Crippen LogP contribution in [0.15, 0.2) is 36.5 Å². The Hall–Kier alpha value is -1.92. The van der Waals surface area contributed by atoms with Gasteiger partial charge in [-0.25, -0.2) is 0 Å².